The van der Waals surface area contributed by atoms with Gasteiger partial charge in [0.15, 0.2) is 0 Å². The minimum atomic E-state index is -0.376. The molecule has 0 saturated carbocycles. The van der Waals surface area contributed by atoms with E-state index in [-0.39, 0.29) is 28.1 Å². The molecule has 0 bridgehead atoms. The smallest absolute Gasteiger partial charge is 0.225 e. The van der Waals surface area contributed by atoms with Crippen LogP contribution in [0, 0.1) is 11.3 Å². The molecule has 0 spiro atoms. The number of rotatable bonds is 7. The van der Waals surface area contributed by atoms with Crippen molar-refractivity contribution < 1.29 is 9.53 Å². The minimum Gasteiger partial charge on any atom is -0.370 e. The molecule has 0 aliphatic rings. The molecule has 1 amide bonds. The molecule has 0 aromatic carbocycles. The first-order chi connectivity index (χ1) is 9.46. The van der Waals surface area contributed by atoms with Gasteiger partial charge in [0, 0.05) is 11.0 Å². The largest absolute Gasteiger partial charge is 0.370 e. The molecule has 132 valence electrons. The Kier molecular flexibility index (Phi) is 6.72. The second-order valence-corrected chi connectivity index (χ2v) is 9.98. The van der Waals surface area contributed by atoms with Crippen LogP contribution in [0.15, 0.2) is 0 Å². The lowest BCUT2D eigenvalue weighted by molar-refractivity contribution is -0.144. The maximum Gasteiger partial charge on any atom is 0.225 e. The van der Waals surface area contributed by atoms with E-state index in [9.17, 15) is 4.79 Å². The maximum absolute atomic E-state index is 12.2. The van der Waals surface area contributed by atoms with Crippen molar-refractivity contribution in [2.24, 2.45) is 11.3 Å². The summed E-state index contributed by atoms with van der Waals surface area (Å²) in [6, 6.07) is 0. The van der Waals surface area contributed by atoms with Crippen molar-refractivity contribution in [1.82, 2.24) is 5.32 Å². The van der Waals surface area contributed by atoms with E-state index < -0.39 is 0 Å². The second-order valence-electron chi connectivity index (χ2n) is 9.98. The Balaban J connectivity index is 4.84. The Morgan fingerprint density at radius 3 is 1.73 bits per heavy atom. The van der Waals surface area contributed by atoms with Crippen LogP contribution in [0.3, 0.4) is 0 Å². The Morgan fingerprint density at radius 1 is 0.909 bits per heavy atom. The predicted octanol–water partition coefficient (Wildman–Crippen LogP) is 4.94. The van der Waals surface area contributed by atoms with Crippen LogP contribution < -0.4 is 5.32 Å². The van der Waals surface area contributed by atoms with Crippen LogP contribution in [0.2, 0.25) is 0 Å². The zero-order chi connectivity index (χ0) is 18.0. The highest BCUT2D eigenvalue weighted by molar-refractivity contribution is 5.82. The predicted molar refractivity (Wildman–Crippen MR) is 95.0 cm³/mol. The number of hydrogen-bond acceptors (Lipinski definition) is 2. The molecule has 3 nitrogen and oxygen atoms in total. The average molecular weight is 314 g/mol. The fraction of sp³-hybridized carbons (Fsp3) is 0.947. The SMILES string of the molecule is CC(C)CC(C)(C)OC(C)(C)CC(C)(C)NC(=O)C(C)(C)C. The van der Waals surface area contributed by atoms with Crippen LogP contribution in [0.1, 0.15) is 89.0 Å². The highest BCUT2D eigenvalue weighted by atomic mass is 16.5. The van der Waals surface area contributed by atoms with Crippen LogP contribution in [0.4, 0.5) is 0 Å². The average Bonchev–Trinajstić information content (AvgIpc) is 2.06. The number of carbonyl (C=O) groups is 1. The summed E-state index contributed by atoms with van der Waals surface area (Å²) < 4.78 is 6.39. The highest BCUT2D eigenvalue weighted by Crippen LogP contribution is 2.32. The molecule has 1 N–H and O–H groups in total. The van der Waals surface area contributed by atoms with E-state index >= 15 is 0 Å². The minimum absolute atomic E-state index is 0.0785. The second kappa shape index (κ2) is 6.90. The van der Waals surface area contributed by atoms with Gasteiger partial charge in [-0.2, -0.15) is 0 Å². The lowest BCUT2D eigenvalue weighted by atomic mass is 9.86. The van der Waals surface area contributed by atoms with Crippen molar-refractivity contribution in [2.45, 2.75) is 106 Å². The lowest BCUT2D eigenvalue weighted by Gasteiger charge is -2.42. The topological polar surface area (TPSA) is 38.3 Å². The first-order valence-corrected chi connectivity index (χ1v) is 8.49. The Bertz CT molecular complexity index is 373. The van der Waals surface area contributed by atoms with Gasteiger partial charge < -0.3 is 10.1 Å². The molecular formula is C19H39NO2. The molecule has 0 radical (unpaired) electrons. The zero-order valence-corrected chi connectivity index (χ0v) is 16.8. The van der Waals surface area contributed by atoms with E-state index in [1.807, 2.05) is 20.8 Å². The van der Waals surface area contributed by atoms with Gasteiger partial charge in [-0.25, -0.2) is 0 Å². The van der Waals surface area contributed by atoms with Gasteiger partial charge in [-0.3, -0.25) is 4.79 Å². The Hall–Kier alpha value is -0.570. The summed E-state index contributed by atoms with van der Waals surface area (Å²) in [6.07, 6.45) is 1.79. The fourth-order valence-electron chi connectivity index (χ4n) is 3.41. The molecule has 0 heterocycles. The van der Waals surface area contributed by atoms with Gasteiger partial charge in [-0.05, 0) is 60.3 Å². The van der Waals surface area contributed by atoms with E-state index in [1.165, 1.54) is 0 Å². The van der Waals surface area contributed by atoms with Gasteiger partial charge >= 0.3 is 0 Å². The lowest BCUT2D eigenvalue weighted by Crippen LogP contribution is -2.52. The number of carbonyl (C=O) groups excluding carboxylic acids is 1. The first kappa shape index (κ1) is 21.4. The standard InChI is InChI=1S/C19H39NO2/c1-14(2)12-18(8,9)22-19(10,11)13-17(6,7)20-15(21)16(3,4)5/h14H,12-13H2,1-11H3,(H,20,21). The van der Waals surface area contributed by atoms with Crippen LogP contribution in [0.25, 0.3) is 0 Å². The highest BCUT2D eigenvalue weighted by Gasteiger charge is 2.36. The third-order valence-electron chi connectivity index (χ3n) is 3.45. The summed E-state index contributed by atoms with van der Waals surface area (Å²) >= 11 is 0. The van der Waals surface area contributed by atoms with Gasteiger partial charge in [0.05, 0.1) is 11.2 Å². The number of ether oxygens (including phenoxy) is 1. The summed E-state index contributed by atoms with van der Waals surface area (Å²) in [7, 11) is 0. The third kappa shape index (κ3) is 8.77. The fourth-order valence-corrected chi connectivity index (χ4v) is 3.41. The molecule has 0 unspecified atom stereocenters. The molecule has 0 fully saturated rings. The molecule has 0 rings (SSSR count). The van der Waals surface area contributed by atoms with E-state index in [4.69, 9.17) is 4.74 Å². The van der Waals surface area contributed by atoms with Crippen molar-refractivity contribution in [3.63, 3.8) is 0 Å². The molecule has 0 atom stereocenters. The van der Waals surface area contributed by atoms with E-state index in [0.29, 0.717) is 5.92 Å². The van der Waals surface area contributed by atoms with Gasteiger partial charge in [0.1, 0.15) is 0 Å². The third-order valence-corrected chi connectivity index (χ3v) is 3.45. The van der Waals surface area contributed by atoms with Crippen molar-refractivity contribution in [3.05, 3.63) is 0 Å². The van der Waals surface area contributed by atoms with Gasteiger partial charge in [-0.1, -0.05) is 34.6 Å². The van der Waals surface area contributed by atoms with Crippen molar-refractivity contribution >= 4 is 5.91 Å². The molecule has 0 aromatic rings. The summed E-state index contributed by atoms with van der Waals surface area (Å²) in [5.41, 5.74) is -1.14. The normalized spacial score (nSPS) is 14.4. The number of nitrogens with one attached hydrogen (secondary N) is 1. The molecule has 0 saturated heterocycles. The first-order valence-electron chi connectivity index (χ1n) is 8.49. The van der Waals surface area contributed by atoms with Crippen LogP contribution in [0.5, 0.6) is 0 Å². The van der Waals surface area contributed by atoms with E-state index in [2.05, 4.69) is 60.7 Å². The van der Waals surface area contributed by atoms with Crippen molar-refractivity contribution in [3.8, 4) is 0 Å². The van der Waals surface area contributed by atoms with Gasteiger partial charge in [-0.15, -0.1) is 0 Å². The molecule has 22 heavy (non-hydrogen) atoms. The van der Waals surface area contributed by atoms with Gasteiger partial charge in [0.2, 0.25) is 5.91 Å². The van der Waals surface area contributed by atoms with E-state index in [1.54, 1.807) is 0 Å². The molecule has 0 aliphatic heterocycles. The summed E-state index contributed by atoms with van der Waals surface area (Å²) in [5.74, 6) is 0.675. The van der Waals surface area contributed by atoms with Crippen molar-refractivity contribution in [2.75, 3.05) is 0 Å². The summed E-state index contributed by atoms with van der Waals surface area (Å²) in [6.45, 7) is 22.9. The quantitative estimate of drug-likeness (QED) is 0.723. The molecule has 0 aliphatic carbocycles. The molecular weight excluding hydrogens is 274 g/mol. The maximum atomic E-state index is 12.2. The summed E-state index contributed by atoms with van der Waals surface area (Å²) in [5, 5.41) is 3.16. The zero-order valence-electron chi connectivity index (χ0n) is 16.8. The Morgan fingerprint density at radius 2 is 1.36 bits per heavy atom. The van der Waals surface area contributed by atoms with Crippen LogP contribution in [-0.4, -0.2) is 22.6 Å². The van der Waals surface area contributed by atoms with Crippen LogP contribution in [-0.2, 0) is 9.53 Å². The van der Waals surface area contributed by atoms with Gasteiger partial charge in [0.25, 0.3) is 0 Å². The van der Waals surface area contributed by atoms with E-state index in [0.717, 1.165) is 12.8 Å². The monoisotopic (exact) mass is 313 g/mol. The van der Waals surface area contributed by atoms with Crippen LogP contribution >= 0.6 is 0 Å². The molecule has 3 heteroatoms. The Labute approximate surface area is 138 Å². The molecule has 0 aromatic heterocycles. The van der Waals surface area contributed by atoms with Crippen molar-refractivity contribution in [1.29, 1.82) is 0 Å². The number of amides is 1. The summed E-state index contributed by atoms with van der Waals surface area (Å²) in [4.78, 5) is 12.2. The number of hydrogen-bond donors (Lipinski definition) is 1.